The molecule has 0 fully saturated rings. The van der Waals surface area contributed by atoms with Crippen LogP contribution in [0.25, 0.3) is 0 Å². The standard InChI is InChI=1S/C10H10IN3S/c1-7-2-3-9(15-7)6-14-10-12-4-8(11)5-13-10/h2-5H,6H2,1H3,(H,12,13,14). The highest BCUT2D eigenvalue weighted by atomic mass is 127. The first-order valence-electron chi connectivity index (χ1n) is 4.51. The van der Waals surface area contributed by atoms with Gasteiger partial charge in [-0.25, -0.2) is 9.97 Å². The minimum Gasteiger partial charge on any atom is -0.349 e. The smallest absolute Gasteiger partial charge is 0.222 e. The SMILES string of the molecule is Cc1ccc(CNc2ncc(I)cn2)s1. The largest absolute Gasteiger partial charge is 0.349 e. The van der Waals surface area contributed by atoms with Crippen molar-refractivity contribution in [2.24, 2.45) is 0 Å². The molecule has 0 aromatic carbocycles. The van der Waals surface area contributed by atoms with Crippen molar-refractivity contribution in [2.45, 2.75) is 13.5 Å². The summed E-state index contributed by atoms with van der Waals surface area (Å²) in [7, 11) is 0. The molecule has 5 heteroatoms. The first-order valence-corrected chi connectivity index (χ1v) is 6.40. The van der Waals surface area contributed by atoms with Crippen LogP contribution < -0.4 is 5.32 Å². The lowest BCUT2D eigenvalue weighted by Gasteiger charge is -2.01. The van der Waals surface area contributed by atoms with Crippen molar-refractivity contribution >= 4 is 39.9 Å². The molecule has 0 aliphatic carbocycles. The molecule has 15 heavy (non-hydrogen) atoms. The number of hydrogen-bond acceptors (Lipinski definition) is 4. The molecule has 2 heterocycles. The van der Waals surface area contributed by atoms with Crippen molar-refractivity contribution < 1.29 is 0 Å². The second-order valence-electron chi connectivity index (χ2n) is 3.09. The van der Waals surface area contributed by atoms with Gasteiger partial charge in [-0.05, 0) is 41.6 Å². The number of halogens is 1. The molecule has 2 rings (SSSR count). The molecule has 0 saturated heterocycles. The van der Waals surface area contributed by atoms with Gasteiger partial charge in [0.1, 0.15) is 0 Å². The molecule has 0 saturated carbocycles. The van der Waals surface area contributed by atoms with E-state index in [1.54, 1.807) is 23.7 Å². The third-order valence-electron chi connectivity index (χ3n) is 1.84. The normalized spacial score (nSPS) is 10.3. The Labute approximate surface area is 106 Å². The van der Waals surface area contributed by atoms with Crippen LogP contribution in [0.2, 0.25) is 0 Å². The molecule has 3 nitrogen and oxygen atoms in total. The summed E-state index contributed by atoms with van der Waals surface area (Å²) < 4.78 is 1.05. The van der Waals surface area contributed by atoms with E-state index >= 15 is 0 Å². The molecule has 2 aromatic heterocycles. The number of nitrogens with one attached hydrogen (secondary N) is 1. The van der Waals surface area contributed by atoms with Crippen LogP contribution in [-0.4, -0.2) is 9.97 Å². The van der Waals surface area contributed by atoms with E-state index in [9.17, 15) is 0 Å². The van der Waals surface area contributed by atoms with Crippen molar-refractivity contribution in [3.63, 3.8) is 0 Å². The number of aromatic nitrogens is 2. The monoisotopic (exact) mass is 331 g/mol. The minimum absolute atomic E-state index is 0.682. The van der Waals surface area contributed by atoms with Crippen LogP contribution in [0.5, 0.6) is 0 Å². The van der Waals surface area contributed by atoms with Gasteiger partial charge in [0, 0.05) is 25.7 Å². The predicted octanol–water partition coefficient (Wildman–Crippen LogP) is 3.06. The lowest BCUT2D eigenvalue weighted by Crippen LogP contribution is -2.01. The highest BCUT2D eigenvalue weighted by Crippen LogP contribution is 2.15. The summed E-state index contributed by atoms with van der Waals surface area (Å²) in [6.07, 6.45) is 3.60. The van der Waals surface area contributed by atoms with Crippen LogP contribution in [0.3, 0.4) is 0 Å². The topological polar surface area (TPSA) is 37.8 Å². The van der Waals surface area contributed by atoms with Gasteiger partial charge in [0.05, 0.1) is 6.54 Å². The molecule has 78 valence electrons. The Morgan fingerprint density at radius 2 is 2.07 bits per heavy atom. The van der Waals surface area contributed by atoms with Crippen LogP contribution in [0, 0.1) is 10.5 Å². The molecular formula is C10H10IN3S. The molecule has 0 amide bonds. The van der Waals surface area contributed by atoms with Crippen molar-refractivity contribution in [3.8, 4) is 0 Å². The van der Waals surface area contributed by atoms with E-state index in [4.69, 9.17) is 0 Å². The molecular weight excluding hydrogens is 321 g/mol. The van der Waals surface area contributed by atoms with Crippen molar-refractivity contribution in [1.29, 1.82) is 0 Å². The lowest BCUT2D eigenvalue weighted by atomic mass is 10.4. The summed E-state index contributed by atoms with van der Waals surface area (Å²) in [5, 5.41) is 3.19. The third-order valence-corrected chi connectivity index (χ3v) is 3.39. The van der Waals surface area contributed by atoms with E-state index in [0.717, 1.165) is 10.1 Å². The summed E-state index contributed by atoms with van der Waals surface area (Å²) in [5.41, 5.74) is 0. The zero-order chi connectivity index (χ0) is 10.7. The molecule has 2 aromatic rings. The van der Waals surface area contributed by atoms with E-state index in [-0.39, 0.29) is 0 Å². The first kappa shape index (κ1) is 10.8. The Morgan fingerprint density at radius 1 is 1.33 bits per heavy atom. The molecule has 0 spiro atoms. The quantitative estimate of drug-likeness (QED) is 0.879. The van der Waals surface area contributed by atoms with Gasteiger partial charge in [-0.2, -0.15) is 0 Å². The Bertz CT molecular complexity index is 438. The number of thiophene rings is 1. The molecule has 0 bridgehead atoms. The van der Waals surface area contributed by atoms with E-state index in [0.29, 0.717) is 5.95 Å². The lowest BCUT2D eigenvalue weighted by molar-refractivity contribution is 1.06. The Kier molecular flexibility index (Phi) is 3.53. The fraction of sp³-hybridized carbons (Fsp3) is 0.200. The van der Waals surface area contributed by atoms with Gasteiger partial charge in [0.2, 0.25) is 5.95 Å². The molecule has 1 N–H and O–H groups in total. The third kappa shape index (κ3) is 3.13. The summed E-state index contributed by atoms with van der Waals surface area (Å²) in [4.78, 5) is 11.0. The van der Waals surface area contributed by atoms with E-state index < -0.39 is 0 Å². The average molecular weight is 331 g/mol. The van der Waals surface area contributed by atoms with Gasteiger partial charge in [0.25, 0.3) is 0 Å². The number of anilines is 1. The zero-order valence-corrected chi connectivity index (χ0v) is 11.2. The van der Waals surface area contributed by atoms with E-state index in [1.165, 1.54) is 9.75 Å². The molecule has 0 unspecified atom stereocenters. The van der Waals surface area contributed by atoms with Gasteiger partial charge >= 0.3 is 0 Å². The highest BCUT2D eigenvalue weighted by Gasteiger charge is 1.98. The van der Waals surface area contributed by atoms with Crippen molar-refractivity contribution in [1.82, 2.24) is 9.97 Å². The van der Waals surface area contributed by atoms with Crippen LogP contribution in [0.4, 0.5) is 5.95 Å². The summed E-state index contributed by atoms with van der Waals surface area (Å²) >= 11 is 3.98. The van der Waals surface area contributed by atoms with Crippen LogP contribution in [0.1, 0.15) is 9.75 Å². The van der Waals surface area contributed by atoms with Crippen molar-refractivity contribution in [3.05, 3.63) is 37.9 Å². The zero-order valence-electron chi connectivity index (χ0n) is 8.20. The second-order valence-corrected chi connectivity index (χ2v) is 5.71. The van der Waals surface area contributed by atoms with Crippen molar-refractivity contribution in [2.75, 3.05) is 5.32 Å². The number of nitrogens with zero attached hydrogens (tertiary/aromatic N) is 2. The van der Waals surface area contributed by atoms with Gasteiger partial charge in [-0.15, -0.1) is 11.3 Å². The van der Waals surface area contributed by atoms with Gasteiger partial charge in [0.15, 0.2) is 0 Å². The maximum atomic E-state index is 4.18. The van der Waals surface area contributed by atoms with Gasteiger partial charge < -0.3 is 5.32 Å². The fourth-order valence-corrected chi connectivity index (χ4v) is 2.26. The van der Waals surface area contributed by atoms with E-state index in [1.807, 2.05) is 0 Å². The molecule has 0 radical (unpaired) electrons. The second kappa shape index (κ2) is 4.89. The predicted molar refractivity (Wildman–Crippen MR) is 71.1 cm³/mol. The number of aryl methyl sites for hydroxylation is 1. The summed E-state index contributed by atoms with van der Waals surface area (Å²) in [6, 6.07) is 4.25. The van der Waals surface area contributed by atoms with Crippen LogP contribution in [0.15, 0.2) is 24.5 Å². The van der Waals surface area contributed by atoms with Crippen LogP contribution >= 0.6 is 33.9 Å². The van der Waals surface area contributed by atoms with Gasteiger partial charge in [-0.1, -0.05) is 0 Å². The van der Waals surface area contributed by atoms with E-state index in [2.05, 4.69) is 56.9 Å². The maximum Gasteiger partial charge on any atom is 0.222 e. The molecule has 0 aliphatic rings. The molecule has 0 atom stereocenters. The summed E-state index contributed by atoms with van der Waals surface area (Å²) in [6.45, 7) is 2.90. The number of hydrogen-bond donors (Lipinski definition) is 1. The Hall–Kier alpha value is -0.690. The first-order chi connectivity index (χ1) is 7.24. The maximum absolute atomic E-state index is 4.18. The van der Waals surface area contributed by atoms with Crippen LogP contribution in [-0.2, 0) is 6.54 Å². The number of rotatable bonds is 3. The minimum atomic E-state index is 0.682. The molecule has 0 aliphatic heterocycles. The fourth-order valence-electron chi connectivity index (χ4n) is 1.15. The summed E-state index contributed by atoms with van der Waals surface area (Å²) in [5.74, 6) is 0.682. The average Bonchev–Trinajstić information content (AvgIpc) is 2.64. The van der Waals surface area contributed by atoms with Gasteiger partial charge in [-0.3, -0.25) is 0 Å². The Balaban J connectivity index is 1.96. The Morgan fingerprint density at radius 3 is 2.67 bits per heavy atom. The highest BCUT2D eigenvalue weighted by molar-refractivity contribution is 14.1.